The molecule has 3 rings (SSSR count). The lowest BCUT2D eigenvalue weighted by molar-refractivity contribution is 0.0602. The second-order valence-electron chi connectivity index (χ2n) is 6.13. The number of benzene rings is 2. The maximum atomic E-state index is 12.6. The van der Waals surface area contributed by atoms with Gasteiger partial charge in [-0.3, -0.25) is 0 Å². The Balaban J connectivity index is 2.07. The summed E-state index contributed by atoms with van der Waals surface area (Å²) in [6.45, 7) is 1.82. The van der Waals surface area contributed by atoms with Crippen LogP contribution in [0.25, 0.3) is 10.9 Å². The minimum atomic E-state index is -0.488. The number of nitrogens with zero attached hydrogens (tertiary/aromatic N) is 1. The van der Waals surface area contributed by atoms with Crippen LogP contribution in [-0.4, -0.2) is 30.8 Å². The Labute approximate surface area is 167 Å². The summed E-state index contributed by atoms with van der Waals surface area (Å²) < 4.78 is 12.2. The molecule has 146 valence electrons. The van der Waals surface area contributed by atoms with Crippen molar-refractivity contribution in [3.63, 3.8) is 0 Å². The fourth-order valence-electron chi connectivity index (χ4n) is 3.09. The number of ether oxygens (including phenoxy) is 2. The number of aryl methyl sites for hydroxylation is 1. The monoisotopic (exact) mass is 401 g/mol. The molecule has 1 heterocycles. The van der Waals surface area contributed by atoms with Crippen molar-refractivity contribution in [2.45, 2.75) is 6.92 Å². The molecule has 0 aliphatic rings. The number of rotatable bonds is 4. The van der Waals surface area contributed by atoms with Crippen LogP contribution >= 0.6 is 11.6 Å². The lowest BCUT2D eigenvalue weighted by atomic mass is 10.1. The third-order valence-corrected chi connectivity index (χ3v) is 4.82. The van der Waals surface area contributed by atoms with Crippen molar-refractivity contribution in [3.8, 4) is 5.75 Å². The van der Waals surface area contributed by atoms with E-state index in [9.17, 15) is 9.59 Å². The topological polar surface area (TPSA) is 81.6 Å². The van der Waals surface area contributed by atoms with Gasteiger partial charge in [0, 0.05) is 28.8 Å². The second kappa shape index (κ2) is 7.82. The first-order chi connectivity index (χ1) is 13.4. The van der Waals surface area contributed by atoms with E-state index in [1.165, 1.54) is 14.2 Å². The Morgan fingerprint density at radius 2 is 1.71 bits per heavy atom. The van der Waals surface area contributed by atoms with Gasteiger partial charge in [-0.25, -0.2) is 9.59 Å². The predicted octanol–water partition coefficient (Wildman–Crippen LogP) is 4.58. The van der Waals surface area contributed by atoms with Crippen LogP contribution in [0.15, 0.2) is 36.4 Å². The van der Waals surface area contributed by atoms with E-state index in [0.29, 0.717) is 33.1 Å². The van der Waals surface area contributed by atoms with Gasteiger partial charge >= 0.3 is 12.0 Å². The molecule has 0 aliphatic heterocycles. The molecule has 2 aromatic carbocycles. The molecule has 0 fully saturated rings. The molecule has 2 amide bonds. The molecule has 2 N–H and O–H groups in total. The number of methoxy groups -OCH3 is 2. The van der Waals surface area contributed by atoms with Gasteiger partial charge in [0.2, 0.25) is 0 Å². The van der Waals surface area contributed by atoms with Crippen molar-refractivity contribution in [2.75, 3.05) is 24.9 Å². The Kier molecular flexibility index (Phi) is 5.46. The number of halogens is 1. The Bertz CT molecular complexity index is 1060. The van der Waals surface area contributed by atoms with E-state index in [4.69, 9.17) is 21.1 Å². The molecule has 0 radical (unpaired) electrons. The largest absolute Gasteiger partial charge is 0.495 e. The number of amides is 2. The molecule has 0 spiro atoms. The van der Waals surface area contributed by atoms with E-state index < -0.39 is 12.0 Å². The first-order valence-electron chi connectivity index (χ1n) is 8.45. The zero-order valence-corrected chi connectivity index (χ0v) is 16.7. The van der Waals surface area contributed by atoms with Crippen molar-refractivity contribution >= 4 is 45.9 Å². The van der Waals surface area contributed by atoms with Gasteiger partial charge in [-0.05, 0) is 43.3 Å². The smallest absolute Gasteiger partial charge is 0.340 e. The first-order valence-corrected chi connectivity index (χ1v) is 8.83. The molecule has 0 saturated carbocycles. The standard InChI is InChI=1S/C20H20ClN3O4/c1-11-16(19(25)28-4)17-14(24(11)2)9-10-15(27-3)18(17)23-20(26)22-13-7-5-12(21)6-8-13/h5-10H,1-4H3,(H2,22,23,26). The minimum Gasteiger partial charge on any atom is -0.495 e. The zero-order valence-electron chi connectivity index (χ0n) is 15.9. The van der Waals surface area contributed by atoms with E-state index in [2.05, 4.69) is 10.6 Å². The highest BCUT2D eigenvalue weighted by Crippen LogP contribution is 2.38. The van der Waals surface area contributed by atoms with Gasteiger partial charge < -0.3 is 24.7 Å². The van der Waals surface area contributed by atoms with E-state index in [1.54, 1.807) is 30.3 Å². The molecule has 7 nitrogen and oxygen atoms in total. The number of carbonyl (C=O) groups excluding carboxylic acids is 2. The Hall–Kier alpha value is -3.19. The first kappa shape index (κ1) is 19.6. The average molecular weight is 402 g/mol. The van der Waals surface area contributed by atoms with Crippen LogP contribution in [0.3, 0.4) is 0 Å². The Morgan fingerprint density at radius 1 is 1.04 bits per heavy atom. The normalized spacial score (nSPS) is 10.6. The summed E-state index contributed by atoms with van der Waals surface area (Å²) in [6.07, 6.45) is 0. The van der Waals surface area contributed by atoms with Gasteiger partial charge in [0.15, 0.2) is 0 Å². The van der Waals surface area contributed by atoms with E-state index in [-0.39, 0.29) is 0 Å². The number of anilines is 2. The molecule has 0 saturated heterocycles. The third kappa shape index (κ3) is 3.48. The maximum absolute atomic E-state index is 12.6. The summed E-state index contributed by atoms with van der Waals surface area (Å²) in [5, 5.41) is 6.65. The van der Waals surface area contributed by atoms with Gasteiger partial charge in [-0.15, -0.1) is 0 Å². The summed E-state index contributed by atoms with van der Waals surface area (Å²) in [6, 6.07) is 9.81. The number of hydrogen-bond donors (Lipinski definition) is 2. The number of nitrogens with one attached hydrogen (secondary N) is 2. The van der Waals surface area contributed by atoms with Crippen molar-refractivity contribution < 1.29 is 19.1 Å². The van der Waals surface area contributed by atoms with Crippen molar-refractivity contribution in [3.05, 3.63) is 52.7 Å². The van der Waals surface area contributed by atoms with Crippen molar-refractivity contribution in [1.82, 2.24) is 4.57 Å². The molecule has 28 heavy (non-hydrogen) atoms. The summed E-state index contributed by atoms with van der Waals surface area (Å²) in [4.78, 5) is 25.0. The highest BCUT2D eigenvalue weighted by Gasteiger charge is 2.24. The molecular weight excluding hydrogens is 382 g/mol. The van der Waals surface area contributed by atoms with E-state index in [1.807, 2.05) is 24.6 Å². The number of aromatic nitrogens is 1. The lowest BCUT2D eigenvalue weighted by Crippen LogP contribution is -2.20. The van der Waals surface area contributed by atoms with Gasteiger partial charge in [-0.2, -0.15) is 0 Å². The van der Waals surface area contributed by atoms with Crippen LogP contribution in [0, 0.1) is 6.92 Å². The molecule has 0 atom stereocenters. The quantitative estimate of drug-likeness (QED) is 0.627. The van der Waals surface area contributed by atoms with E-state index in [0.717, 1.165) is 11.2 Å². The summed E-state index contributed by atoms with van der Waals surface area (Å²) in [5.74, 6) is -0.0629. The van der Waals surface area contributed by atoms with E-state index >= 15 is 0 Å². The highest BCUT2D eigenvalue weighted by molar-refractivity contribution is 6.30. The van der Waals surface area contributed by atoms with Gasteiger partial charge in [0.1, 0.15) is 5.75 Å². The van der Waals surface area contributed by atoms with Crippen molar-refractivity contribution in [1.29, 1.82) is 0 Å². The maximum Gasteiger partial charge on any atom is 0.340 e. The third-order valence-electron chi connectivity index (χ3n) is 4.57. The number of hydrogen-bond acceptors (Lipinski definition) is 4. The van der Waals surface area contributed by atoms with Crippen LogP contribution in [0.4, 0.5) is 16.2 Å². The van der Waals surface area contributed by atoms with Crippen LogP contribution in [0.1, 0.15) is 16.1 Å². The van der Waals surface area contributed by atoms with Gasteiger partial charge in [0.05, 0.1) is 31.0 Å². The molecular formula is C20H20ClN3O4. The fraction of sp³-hybridized carbons (Fsp3) is 0.200. The van der Waals surface area contributed by atoms with Gasteiger partial charge in [0.25, 0.3) is 0 Å². The number of urea groups is 1. The molecule has 3 aromatic rings. The minimum absolute atomic E-state index is 0.376. The summed E-state index contributed by atoms with van der Waals surface area (Å²) in [5.41, 5.74) is 2.82. The molecule has 0 aliphatic carbocycles. The summed E-state index contributed by atoms with van der Waals surface area (Å²) >= 11 is 5.87. The van der Waals surface area contributed by atoms with Crippen LogP contribution < -0.4 is 15.4 Å². The highest BCUT2D eigenvalue weighted by atomic mass is 35.5. The molecule has 0 bridgehead atoms. The Morgan fingerprint density at radius 3 is 2.32 bits per heavy atom. The van der Waals surface area contributed by atoms with Crippen LogP contribution in [0.5, 0.6) is 5.75 Å². The SMILES string of the molecule is COC(=O)c1c(C)n(C)c2ccc(OC)c(NC(=O)Nc3ccc(Cl)cc3)c12. The van der Waals surface area contributed by atoms with Crippen molar-refractivity contribution in [2.24, 2.45) is 7.05 Å². The van der Waals surface area contributed by atoms with Crippen LogP contribution in [0.2, 0.25) is 5.02 Å². The van der Waals surface area contributed by atoms with Gasteiger partial charge in [-0.1, -0.05) is 11.6 Å². The lowest BCUT2D eigenvalue weighted by Gasteiger charge is -2.14. The second-order valence-corrected chi connectivity index (χ2v) is 6.57. The molecule has 0 unspecified atom stereocenters. The molecule has 1 aromatic heterocycles. The number of fused-ring (bicyclic) bond motifs is 1. The fourth-order valence-corrected chi connectivity index (χ4v) is 3.22. The zero-order chi connectivity index (χ0) is 20.4. The molecule has 8 heteroatoms. The summed E-state index contributed by atoms with van der Waals surface area (Å²) in [7, 11) is 4.66. The average Bonchev–Trinajstić information content (AvgIpc) is 2.94. The number of esters is 1. The number of carbonyl (C=O) groups is 2. The van der Waals surface area contributed by atoms with Crippen LogP contribution in [-0.2, 0) is 11.8 Å². The predicted molar refractivity (Wildman–Crippen MR) is 110 cm³/mol.